The van der Waals surface area contributed by atoms with Gasteiger partial charge in [-0.15, -0.1) is 0 Å². The van der Waals surface area contributed by atoms with Crippen LogP contribution in [0.2, 0.25) is 0 Å². The molecule has 0 aliphatic heterocycles. The second-order valence-corrected chi connectivity index (χ2v) is 20.6. The lowest BCUT2D eigenvalue weighted by atomic mass is 10.0. The molecule has 0 spiro atoms. The minimum Gasteiger partial charge on any atom is -0.550 e. The summed E-state index contributed by atoms with van der Waals surface area (Å²) < 4.78 is 1.25. The smallest absolute Gasteiger partial charge is 0.0782 e. The van der Waals surface area contributed by atoms with Gasteiger partial charge in [-0.05, 0) is 38.0 Å². The molecule has 60 heavy (non-hydrogen) atoms. The minimum absolute atomic E-state index is 0.276. The van der Waals surface area contributed by atoms with E-state index >= 15 is 0 Å². The van der Waals surface area contributed by atoms with Crippen LogP contribution in [0.1, 0.15) is 329 Å². The van der Waals surface area contributed by atoms with Crippen LogP contribution >= 0.6 is 0 Å². The third-order valence-corrected chi connectivity index (χ3v) is 13.6. The van der Waals surface area contributed by atoms with Crippen LogP contribution in [-0.2, 0) is 4.79 Å². The molecule has 0 heterocycles. The lowest BCUT2D eigenvalue weighted by molar-refractivity contribution is -0.890. The molecule has 362 valence electrons. The number of hydrogen-bond donors (Lipinski definition) is 0. The molecule has 1 unspecified atom stereocenters. The van der Waals surface area contributed by atoms with E-state index in [1.807, 2.05) is 0 Å². The second-order valence-electron chi connectivity index (χ2n) is 20.6. The highest BCUT2D eigenvalue weighted by Gasteiger charge is 2.13. The predicted molar refractivity (Wildman–Crippen MR) is 270 cm³/mol. The summed E-state index contributed by atoms with van der Waals surface area (Å²) in [5, 5.41) is 10.6. The Hall–Kier alpha value is -0.570. The molecular weight excluding hydrogens is 731 g/mol. The molecule has 3 heteroatoms. The van der Waals surface area contributed by atoms with Gasteiger partial charge in [-0.1, -0.05) is 297 Å². The molecule has 0 aliphatic carbocycles. The van der Waals surface area contributed by atoms with Gasteiger partial charge in [0.2, 0.25) is 0 Å². The number of aliphatic carboxylic acids is 1. The Labute approximate surface area is 381 Å². The predicted octanol–water partition coefficient (Wildman–Crippen LogP) is 18.8. The first-order valence-electron chi connectivity index (χ1n) is 28.3. The average Bonchev–Trinajstić information content (AvgIpc) is 3.23. The maximum absolute atomic E-state index is 10.6. The summed E-state index contributed by atoms with van der Waals surface area (Å²) >= 11 is 0. The van der Waals surface area contributed by atoms with Crippen molar-refractivity contribution < 1.29 is 14.4 Å². The molecule has 0 saturated heterocycles. The van der Waals surface area contributed by atoms with Crippen LogP contribution in [0.25, 0.3) is 0 Å². The molecule has 0 aromatic rings. The Morgan fingerprint density at radius 2 is 0.483 bits per heavy atom. The normalized spacial score (nSPS) is 12.2. The van der Waals surface area contributed by atoms with Crippen LogP contribution in [-0.4, -0.2) is 37.6 Å². The van der Waals surface area contributed by atoms with Gasteiger partial charge in [-0.3, -0.25) is 0 Å². The Morgan fingerprint density at radius 3 is 0.667 bits per heavy atom. The van der Waals surface area contributed by atoms with Gasteiger partial charge < -0.3 is 14.4 Å². The summed E-state index contributed by atoms with van der Waals surface area (Å²) in [6.45, 7) is 11.4. The molecule has 0 rings (SSSR count). The molecule has 0 aliphatic rings. The zero-order chi connectivity index (χ0) is 44.3. The fourth-order valence-electron chi connectivity index (χ4n) is 9.05. The summed E-state index contributed by atoms with van der Waals surface area (Å²) in [6.07, 6.45) is 66.5. The van der Waals surface area contributed by atoms with Crippen LogP contribution in [0.5, 0.6) is 0 Å². The molecule has 0 fully saturated rings. The van der Waals surface area contributed by atoms with E-state index in [0.29, 0.717) is 0 Å². The Morgan fingerprint density at radius 1 is 0.317 bits per heavy atom. The third kappa shape index (κ3) is 55.4. The second kappa shape index (κ2) is 52.8. The minimum atomic E-state index is -0.898. The highest BCUT2D eigenvalue weighted by molar-refractivity contribution is 5.66. The SMILES string of the molecule is CCCCCCCCCCCCCCCCC(C)C(=O)[O-].CCCCCCCCCCCCCCCCCC[N+](C)(C)CCCCCCCCCCCCCCCCCC. The van der Waals surface area contributed by atoms with Gasteiger partial charge in [-0.25, -0.2) is 0 Å². The first kappa shape index (κ1) is 61.5. The van der Waals surface area contributed by atoms with Gasteiger partial charge in [0, 0.05) is 5.97 Å². The number of carbonyl (C=O) groups excluding carboxylic acids is 1. The molecule has 0 aromatic heterocycles. The van der Waals surface area contributed by atoms with Crippen molar-refractivity contribution in [3.8, 4) is 0 Å². The first-order chi connectivity index (χ1) is 29.3. The van der Waals surface area contributed by atoms with Crippen LogP contribution < -0.4 is 5.11 Å². The zero-order valence-electron chi connectivity index (χ0n) is 43.0. The first-order valence-corrected chi connectivity index (χ1v) is 28.3. The van der Waals surface area contributed by atoms with Crippen molar-refractivity contribution in [3.05, 3.63) is 0 Å². The number of carbonyl (C=O) groups is 1. The Balaban J connectivity index is 0. The number of nitrogens with zero attached hydrogens (tertiary/aromatic N) is 1. The van der Waals surface area contributed by atoms with Gasteiger partial charge in [0.05, 0.1) is 27.2 Å². The van der Waals surface area contributed by atoms with Crippen LogP contribution in [0.15, 0.2) is 0 Å². The highest BCUT2D eigenvalue weighted by Crippen LogP contribution is 2.18. The van der Waals surface area contributed by atoms with E-state index in [1.165, 1.54) is 307 Å². The number of quaternary nitrogens is 1. The highest BCUT2D eigenvalue weighted by atomic mass is 16.4. The van der Waals surface area contributed by atoms with Crippen molar-refractivity contribution >= 4 is 5.97 Å². The van der Waals surface area contributed by atoms with Crippen molar-refractivity contribution in [2.24, 2.45) is 5.92 Å². The number of unbranched alkanes of at least 4 members (excludes halogenated alkanes) is 43. The van der Waals surface area contributed by atoms with Crippen LogP contribution in [0.3, 0.4) is 0 Å². The van der Waals surface area contributed by atoms with Crippen molar-refractivity contribution in [1.82, 2.24) is 0 Å². The number of rotatable bonds is 50. The van der Waals surface area contributed by atoms with E-state index in [4.69, 9.17) is 0 Å². The van der Waals surface area contributed by atoms with E-state index < -0.39 is 5.97 Å². The van der Waals surface area contributed by atoms with E-state index in [1.54, 1.807) is 6.92 Å². The molecule has 0 aromatic carbocycles. The average molecular weight is 849 g/mol. The lowest BCUT2D eigenvalue weighted by Gasteiger charge is -2.30. The maximum atomic E-state index is 10.6. The van der Waals surface area contributed by atoms with E-state index in [9.17, 15) is 9.90 Å². The molecular formula is C57H117NO2. The molecule has 0 saturated carbocycles. The van der Waals surface area contributed by atoms with E-state index in [0.717, 1.165) is 12.8 Å². The van der Waals surface area contributed by atoms with Gasteiger partial charge in [0.25, 0.3) is 0 Å². The largest absolute Gasteiger partial charge is 0.550 e. The lowest BCUT2D eigenvalue weighted by Crippen LogP contribution is -2.41. The molecule has 0 bridgehead atoms. The summed E-state index contributed by atoms with van der Waals surface area (Å²) in [4.78, 5) is 10.6. The quantitative estimate of drug-likeness (QED) is 0.0452. The van der Waals surface area contributed by atoms with Gasteiger partial charge >= 0.3 is 0 Å². The standard InChI is InChI=1S/C38H80N.C19H38O2/c1-5-7-9-11-13-15-17-19-21-23-25-27-29-31-33-35-37-39(3,4)38-36-34-32-30-28-26-24-22-20-18-16-14-12-10-8-6-2;1-3-4-5-6-7-8-9-10-11-12-13-14-15-16-17-18(2)19(20)21/h5-38H2,1-4H3;18H,3-17H2,1-2H3,(H,20,21)/q+1;/p-1. The van der Waals surface area contributed by atoms with Crippen molar-refractivity contribution in [2.75, 3.05) is 27.2 Å². The zero-order valence-corrected chi connectivity index (χ0v) is 43.0. The summed E-state index contributed by atoms with van der Waals surface area (Å²) in [6, 6.07) is 0. The Bertz CT molecular complexity index is 742. The maximum Gasteiger partial charge on any atom is 0.0782 e. The topological polar surface area (TPSA) is 40.1 Å². The summed E-state index contributed by atoms with van der Waals surface area (Å²) in [5.41, 5.74) is 0. The third-order valence-electron chi connectivity index (χ3n) is 13.6. The van der Waals surface area contributed by atoms with E-state index in [2.05, 4.69) is 34.9 Å². The van der Waals surface area contributed by atoms with Gasteiger partial charge in [0.15, 0.2) is 0 Å². The molecule has 0 radical (unpaired) electrons. The Kier molecular flexibility index (Phi) is 54.1. The van der Waals surface area contributed by atoms with Gasteiger partial charge in [0.1, 0.15) is 0 Å². The van der Waals surface area contributed by atoms with Crippen LogP contribution in [0, 0.1) is 5.92 Å². The monoisotopic (exact) mass is 848 g/mol. The van der Waals surface area contributed by atoms with Crippen molar-refractivity contribution in [2.45, 2.75) is 329 Å². The van der Waals surface area contributed by atoms with Crippen molar-refractivity contribution in [3.63, 3.8) is 0 Å². The molecule has 0 amide bonds. The van der Waals surface area contributed by atoms with Gasteiger partial charge in [-0.2, -0.15) is 0 Å². The fourth-order valence-corrected chi connectivity index (χ4v) is 9.05. The summed E-state index contributed by atoms with van der Waals surface area (Å²) in [7, 11) is 4.94. The molecule has 3 nitrogen and oxygen atoms in total. The number of carboxylic acids is 1. The van der Waals surface area contributed by atoms with Crippen molar-refractivity contribution in [1.29, 1.82) is 0 Å². The molecule has 0 N–H and O–H groups in total. The molecule has 1 atom stereocenters. The number of hydrogen-bond acceptors (Lipinski definition) is 2. The summed E-state index contributed by atoms with van der Waals surface area (Å²) in [5.74, 6) is -1.17. The van der Waals surface area contributed by atoms with Crippen LogP contribution in [0.4, 0.5) is 0 Å². The van der Waals surface area contributed by atoms with E-state index in [-0.39, 0.29) is 5.92 Å². The fraction of sp³-hybridized carbons (Fsp3) is 0.982. The number of carboxylic acid groups (broad SMARTS) is 1.